The Morgan fingerprint density at radius 3 is 1.62 bits per heavy atom. The first-order valence-electron chi connectivity index (χ1n) is 10.6. The van der Waals surface area contributed by atoms with Crippen LogP contribution in [0.3, 0.4) is 0 Å². The summed E-state index contributed by atoms with van der Waals surface area (Å²) in [5.41, 5.74) is -2.03. The molecule has 6 aliphatic carbocycles. The van der Waals surface area contributed by atoms with Gasteiger partial charge < -0.3 is 0 Å². The van der Waals surface area contributed by atoms with Crippen LogP contribution in [0.15, 0.2) is 46.0 Å². The molecule has 1 aromatic carbocycles. The number of Topliss-reactive ketones (excluding diaryl/α,β-unsaturated/α-hetero) is 2. The van der Waals surface area contributed by atoms with E-state index in [0.29, 0.717) is 22.6 Å². The van der Waals surface area contributed by atoms with Crippen molar-refractivity contribution in [3.05, 3.63) is 57.1 Å². The van der Waals surface area contributed by atoms with E-state index in [2.05, 4.69) is 0 Å². The third-order valence-electron chi connectivity index (χ3n) is 10.3. The summed E-state index contributed by atoms with van der Waals surface area (Å²) >= 11 is 0. The summed E-state index contributed by atoms with van der Waals surface area (Å²) in [6.45, 7) is 0. The van der Waals surface area contributed by atoms with Gasteiger partial charge in [-0.15, -0.1) is 0 Å². The molecule has 29 heavy (non-hydrogen) atoms. The van der Waals surface area contributed by atoms with Crippen LogP contribution in [0.25, 0.3) is 10.8 Å². The Hall–Kier alpha value is -2.76. The van der Waals surface area contributed by atoms with Crippen LogP contribution in [0.1, 0.15) is 18.5 Å². The van der Waals surface area contributed by atoms with E-state index in [1.807, 2.05) is 12.2 Å². The summed E-state index contributed by atoms with van der Waals surface area (Å²) in [7, 11) is 0. The number of carbonyl (C=O) groups excluding carboxylic acids is 2. The Morgan fingerprint density at radius 1 is 0.724 bits per heavy atom. The van der Waals surface area contributed by atoms with Gasteiger partial charge in [0.2, 0.25) is 0 Å². The highest BCUT2D eigenvalue weighted by molar-refractivity contribution is 6.13. The maximum absolute atomic E-state index is 13.9. The second-order valence-electron chi connectivity index (χ2n) is 10.3. The van der Waals surface area contributed by atoms with Gasteiger partial charge in [0.05, 0.1) is 33.7 Å². The number of carbonyl (C=O) groups is 2. The van der Waals surface area contributed by atoms with E-state index in [1.54, 1.807) is 33.6 Å². The van der Waals surface area contributed by atoms with Crippen molar-refractivity contribution in [2.24, 2.45) is 46.3 Å². The number of nitrogens with zero attached hydrogens (tertiary/aromatic N) is 2. The molecule has 2 aliphatic heterocycles. The van der Waals surface area contributed by atoms with Crippen LogP contribution >= 0.6 is 0 Å². The van der Waals surface area contributed by atoms with Crippen molar-refractivity contribution in [1.82, 2.24) is 9.36 Å². The van der Waals surface area contributed by atoms with Crippen LogP contribution in [0.4, 0.5) is 0 Å². The minimum atomic E-state index is -0.788. The van der Waals surface area contributed by atoms with Gasteiger partial charge in [-0.1, -0.05) is 24.3 Å². The first-order valence-corrected chi connectivity index (χ1v) is 10.6. The van der Waals surface area contributed by atoms with Crippen molar-refractivity contribution in [3.63, 3.8) is 0 Å². The molecule has 0 saturated heterocycles. The van der Waals surface area contributed by atoms with Crippen LogP contribution in [-0.4, -0.2) is 20.9 Å². The smallest absolute Gasteiger partial charge is 0.273 e. The Labute approximate surface area is 163 Å². The summed E-state index contributed by atoms with van der Waals surface area (Å²) in [5, 5.41) is 0.790. The zero-order valence-corrected chi connectivity index (χ0v) is 15.3. The molecule has 2 aromatic rings. The van der Waals surface area contributed by atoms with E-state index in [4.69, 9.17) is 0 Å². The highest BCUT2D eigenvalue weighted by Gasteiger charge is 2.99. The topological polar surface area (TPSA) is 78.1 Å². The van der Waals surface area contributed by atoms with Crippen LogP contribution < -0.4 is 11.1 Å². The van der Waals surface area contributed by atoms with Gasteiger partial charge in [0.15, 0.2) is 0 Å². The number of rotatable bonds is 0. The van der Waals surface area contributed by atoms with Crippen molar-refractivity contribution in [2.75, 3.05) is 0 Å². The first-order chi connectivity index (χ1) is 14.1. The normalized spacial score (nSPS) is 52.6. The van der Waals surface area contributed by atoms with Crippen LogP contribution in [0.5, 0.6) is 0 Å². The monoisotopic (exact) mass is 384 g/mol. The molecule has 0 N–H and O–H groups in total. The molecule has 5 saturated carbocycles. The molecule has 10 atom stereocenters. The Kier molecular flexibility index (Phi) is 1.77. The summed E-state index contributed by atoms with van der Waals surface area (Å²) in [6.07, 6.45) is 4.89. The Bertz CT molecular complexity index is 1340. The molecule has 8 aliphatic rings. The highest BCUT2D eigenvalue weighted by atomic mass is 16.2. The Balaban J connectivity index is 1.50. The fourth-order valence-electron chi connectivity index (χ4n) is 10.2. The summed E-state index contributed by atoms with van der Waals surface area (Å²) < 4.78 is 3.10. The predicted molar refractivity (Wildman–Crippen MR) is 100 cm³/mol. The lowest BCUT2D eigenvalue weighted by Crippen LogP contribution is -2.78. The first kappa shape index (κ1) is 14.3. The molecule has 1 aromatic heterocycles. The lowest BCUT2D eigenvalue weighted by molar-refractivity contribution is -0.231. The van der Waals surface area contributed by atoms with Gasteiger partial charge in [-0.05, 0) is 42.2 Å². The SMILES string of the molecule is O=C1C2C3CC4C2C(=O)C25C4C3C12C1C=CC5n2c(=O)c3ccccc3c(=O)n21. The second-order valence-corrected chi connectivity index (χ2v) is 10.3. The van der Waals surface area contributed by atoms with Crippen molar-refractivity contribution in [2.45, 2.75) is 18.5 Å². The van der Waals surface area contributed by atoms with Gasteiger partial charge in [-0.2, -0.15) is 0 Å². The van der Waals surface area contributed by atoms with Crippen molar-refractivity contribution >= 4 is 22.3 Å². The van der Waals surface area contributed by atoms with Crippen molar-refractivity contribution in [1.29, 1.82) is 0 Å². The number of aromatic nitrogens is 2. The fourth-order valence-corrected chi connectivity index (χ4v) is 10.2. The van der Waals surface area contributed by atoms with E-state index in [1.165, 1.54) is 0 Å². The minimum absolute atomic E-state index is 0.131. The number of hydrogen-bond acceptors (Lipinski definition) is 4. The van der Waals surface area contributed by atoms with Gasteiger partial charge >= 0.3 is 0 Å². The molecule has 10 unspecified atom stereocenters. The Morgan fingerprint density at radius 2 is 1.17 bits per heavy atom. The number of allylic oxidation sites excluding steroid dienone is 2. The van der Waals surface area contributed by atoms with Crippen molar-refractivity contribution < 1.29 is 9.59 Å². The molecule has 6 heteroatoms. The van der Waals surface area contributed by atoms with Crippen LogP contribution in [0, 0.1) is 46.3 Å². The highest BCUT2D eigenvalue weighted by Crippen LogP contribution is 2.94. The average Bonchev–Trinajstić information content (AvgIpc) is 3.28. The molecule has 3 heterocycles. The quantitative estimate of drug-likeness (QED) is 0.637. The van der Waals surface area contributed by atoms with Gasteiger partial charge in [-0.25, -0.2) is 9.36 Å². The zero-order valence-electron chi connectivity index (χ0n) is 15.3. The van der Waals surface area contributed by atoms with Crippen LogP contribution in [-0.2, 0) is 9.59 Å². The van der Waals surface area contributed by atoms with Gasteiger partial charge in [0.1, 0.15) is 11.6 Å². The average molecular weight is 384 g/mol. The second kappa shape index (κ2) is 3.59. The number of ketones is 2. The fraction of sp³-hybridized carbons (Fsp3) is 0.478. The molecular weight excluding hydrogens is 368 g/mol. The lowest BCUT2D eigenvalue weighted by Gasteiger charge is -2.71. The van der Waals surface area contributed by atoms with E-state index in [9.17, 15) is 19.2 Å². The predicted octanol–water partition coefficient (Wildman–Crippen LogP) is 1.10. The summed E-state index contributed by atoms with van der Waals surface area (Å²) in [5.74, 6) is 1.25. The van der Waals surface area contributed by atoms with E-state index in [-0.39, 0.29) is 46.4 Å². The lowest BCUT2D eigenvalue weighted by atomic mass is 9.33. The summed E-state index contributed by atoms with van der Waals surface area (Å²) in [6, 6.07) is 5.87. The van der Waals surface area contributed by atoms with Gasteiger partial charge in [0.25, 0.3) is 11.1 Å². The third kappa shape index (κ3) is 0.912. The zero-order chi connectivity index (χ0) is 19.2. The van der Waals surface area contributed by atoms with E-state index < -0.39 is 22.9 Å². The van der Waals surface area contributed by atoms with Crippen LogP contribution in [0.2, 0.25) is 0 Å². The van der Waals surface area contributed by atoms with E-state index >= 15 is 0 Å². The maximum Gasteiger partial charge on any atom is 0.273 e. The van der Waals surface area contributed by atoms with Gasteiger partial charge in [0, 0.05) is 11.8 Å². The molecule has 10 rings (SSSR count). The largest absolute Gasteiger partial charge is 0.299 e. The van der Waals surface area contributed by atoms with Crippen molar-refractivity contribution in [3.8, 4) is 0 Å². The molecule has 0 amide bonds. The minimum Gasteiger partial charge on any atom is -0.299 e. The summed E-state index contributed by atoms with van der Waals surface area (Å²) in [4.78, 5) is 54.8. The molecule has 0 radical (unpaired) electrons. The molecule has 5 fully saturated rings. The number of fused-ring (bicyclic) bond motifs is 2. The standard InChI is InChI=1S/C23H16N2O4/c26-18-14-10-7-11-15(14)19(27)23-13-6-5-12(22(18,23)16(10)17(11)23)24-20(28)8-3-1-2-4-9(8)21(29)25(13)24/h1-6,10-17H,7H2. The molecule has 4 bridgehead atoms. The third-order valence-corrected chi connectivity index (χ3v) is 10.3. The van der Waals surface area contributed by atoms with E-state index in [0.717, 1.165) is 6.42 Å². The number of hydrogen-bond donors (Lipinski definition) is 0. The number of benzene rings is 1. The molecule has 2 spiro atoms. The van der Waals surface area contributed by atoms with Gasteiger partial charge in [-0.3, -0.25) is 19.2 Å². The maximum atomic E-state index is 13.9. The molecule has 6 nitrogen and oxygen atoms in total. The molecular formula is C23H16N2O4. The molecule has 142 valence electrons.